The van der Waals surface area contributed by atoms with Crippen LogP contribution in [0.3, 0.4) is 0 Å². The molecule has 0 saturated carbocycles. The maximum absolute atomic E-state index is 12.3. The van der Waals surface area contributed by atoms with Gasteiger partial charge in [-0.25, -0.2) is 0 Å². The lowest BCUT2D eigenvalue weighted by Crippen LogP contribution is -2.38. The third-order valence-electron chi connectivity index (χ3n) is 2.37. The third kappa shape index (κ3) is 5.92. The minimum atomic E-state index is -4.88. The number of carbonyl (C=O) groups is 1. The monoisotopic (exact) mass is 315 g/mol. The van der Waals surface area contributed by atoms with E-state index < -0.39 is 30.7 Å². The van der Waals surface area contributed by atoms with E-state index in [4.69, 9.17) is 0 Å². The quantitative estimate of drug-likeness (QED) is 0.795. The number of rotatable bonds is 4. The van der Waals surface area contributed by atoms with Crippen LogP contribution in [0.5, 0.6) is 5.75 Å². The van der Waals surface area contributed by atoms with Crippen LogP contribution in [-0.4, -0.2) is 36.4 Å². The van der Waals surface area contributed by atoms with Crippen LogP contribution in [0.4, 0.5) is 26.3 Å². The van der Waals surface area contributed by atoms with Gasteiger partial charge in [-0.05, 0) is 31.2 Å². The Kier molecular flexibility index (Phi) is 5.08. The summed E-state index contributed by atoms with van der Waals surface area (Å²) in [5.74, 6) is -1.48. The van der Waals surface area contributed by atoms with Crippen molar-refractivity contribution in [3.8, 4) is 5.75 Å². The minimum Gasteiger partial charge on any atom is -0.406 e. The van der Waals surface area contributed by atoms with Gasteiger partial charge in [0.15, 0.2) is 0 Å². The smallest absolute Gasteiger partial charge is 0.406 e. The molecule has 0 radical (unpaired) electrons. The van der Waals surface area contributed by atoms with E-state index in [9.17, 15) is 31.1 Å². The number of carbonyl (C=O) groups excluding carboxylic acids is 1. The van der Waals surface area contributed by atoms with Crippen LogP contribution in [0, 0.1) is 0 Å². The fourth-order valence-electron chi connectivity index (χ4n) is 1.53. The molecule has 1 rings (SSSR count). The zero-order valence-corrected chi connectivity index (χ0v) is 10.8. The molecule has 0 bridgehead atoms. The molecule has 0 aliphatic carbocycles. The van der Waals surface area contributed by atoms with E-state index >= 15 is 0 Å². The third-order valence-corrected chi connectivity index (χ3v) is 2.37. The average molecular weight is 315 g/mol. The highest BCUT2D eigenvalue weighted by atomic mass is 19.4. The van der Waals surface area contributed by atoms with Gasteiger partial charge >= 0.3 is 12.5 Å². The highest BCUT2D eigenvalue weighted by molar-refractivity contribution is 5.94. The van der Waals surface area contributed by atoms with Gasteiger partial charge in [-0.1, -0.05) is 0 Å². The second-order valence-electron chi connectivity index (χ2n) is 4.01. The first kappa shape index (κ1) is 17.1. The number of halogens is 6. The summed E-state index contributed by atoms with van der Waals surface area (Å²) in [6, 6.07) is 3.68. The molecule has 118 valence electrons. The van der Waals surface area contributed by atoms with Gasteiger partial charge in [0.25, 0.3) is 5.91 Å². The second kappa shape index (κ2) is 6.23. The van der Waals surface area contributed by atoms with E-state index in [1.807, 2.05) is 0 Å². The summed E-state index contributed by atoms with van der Waals surface area (Å²) < 4.78 is 76.3. The molecule has 21 heavy (non-hydrogen) atoms. The molecular formula is C12H11F6NO2. The number of hydrogen-bond acceptors (Lipinski definition) is 2. The largest absolute Gasteiger partial charge is 0.573 e. The van der Waals surface area contributed by atoms with Crippen molar-refractivity contribution in [1.82, 2.24) is 4.90 Å². The molecule has 0 aliphatic heterocycles. The maximum Gasteiger partial charge on any atom is 0.573 e. The highest BCUT2D eigenvalue weighted by Gasteiger charge is 2.33. The maximum atomic E-state index is 12.3. The predicted molar refractivity (Wildman–Crippen MR) is 60.8 cm³/mol. The fraction of sp³-hybridized carbons (Fsp3) is 0.417. The molecule has 0 unspecified atom stereocenters. The van der Waals surface area contributed by atoms with E-state index in [-0.39, 0.29) is 12.1 Å². The Balaban J connectivity index is 2.83. The van der Waals surface area contributed by atoms with Crippen LogP contribution >= 0.6 is 0 Å². The molecular weight excluding hydrogens is 304 g/mol. The van der Waals surface area contributed by atoms with Crippen molar-refractivity contribution in [2.45, 2.75) is 19.5 Å². The molecule has 0 aliphatic rings. The Morgan fingerprint density at radius 2 is 1.62 bits per heavy atom. The van der Waals surface area contributed by atoms with Crippen molar-refractivity contribution in [3.05, 3.63) is 29.8 Å². The summed E-state index contributed by atoms with van der Waals surface area (Å²) in [6.07, 6.45) is -9.43. The fourth-order valence-corrected chi connectivity index (χ4v) is 1.53. The molecule has 0 atom stereocenters. The lowest BCUT2D eigenvalue weighted by Gasteiger charge is -2.22. The minimum absolute atomic E-state index is 0.157. The Morgan fingerprint density at radius 1 is 1.10 bits per heavy atom. The first-order valence-electron chi connectivity index (χ1n) is 5.73. The molecule has 1 aromatic rings. The van der Waals surface area contributed by atoms with Crippen molar-refractivity contribution in [3.63, 3.8) is 0 Å². The summed E-state index contributed by atoms with van der Waals surface area (Å²) in [5.41, 5.74) is -0.157. The lowest BCUT2D eigenvalue weighted by molar-refractivity contribution is -0.274. The van der Waals surface area contributed by atoms with Gasteiger partial charge < -0.3 is 9.64 Å². The summed E-state index contributed by atoms with van der Waals surface area (Å²) in [4.78, 5) is 12.4. The van der Waals surface area contributed by atoms with Gasteiger partial charge in [-0.3, -0.25) is 4.79 Å². The van der Waals surface area contributed by atoms with E-state index in [1.54, 1.807) is 0 Å². The molecule has 0 N–H and O–H groups in total. The highest BCUT2D eigenvalue weighted by Crippen LogP contribution is 2.23. The van der Waals surface area contributed by atoms with Gasteiger partial charge in [0.05, 0.1) is 0 Å². The lowest BCUT2D eigenvalue weighted by atomic mass is 10.2. The van der Waals surface area contributed by atoms with Crippen LogP contribution in [0.1, 0.15) is 17.3 Å². The SMILES string of the molecule is CCN(CC(F)(F)F)C(=O)c1ccc(OC(F)(F)F)cc1. The van der Waals surface area contributed by atoms with Gasteiger partial charge in [-0.15, -0.1) is 13.2 Å². The van der Waals surface area contributed by atoms with Gasteiger partial charge in [0.2, 0.25) is 0 Å². The molecule has 0 aromatic heterocycles. The molecule has 0 heterocycles. The molecule has 3 nitrogen and oxygen atoms in total. The molecule has 1 aromatic carbocycles. The number of alkyl halides is 6. The summed E-state index contributed by atoms with van der Waals surface area (Å²) >= 11 is 0. The number of benzene rings is 1. The van der Waals surface area contributed by atoms with Gasteiger partial charge in [0.1, 0.15) is 12.3 Å². The Morgan fingerprint density at radius 3 is 2.00 bits per heavy atom. The van der Waals surface area contributed by atoms with E-state index in [0.717, 1.165) is 24.3 Å². The normalized spacial score (nSPS) is 12.1. The number of ether oxygens (including phenoxy) is 1. The molecule has 9 heteroatoms. The van der Waals surface area contributed by atoms with Crippen molar-refractivity contribution >= 4 is 5.91 Å². The first-order chi connectivity index (χ1) is 9.52. The van der Waals surface area contributed by atoms with E-state index in [1.165, 1.54) is 6.92 Å². The summed E-state index contributed by atoms with van der Waals surface area (Å²) in [6.45, 7) is -0.243. The number of hydrogen-bond donors (Lipinski definition) is 0. The molecule has 0 spiro atoms. The van der Waals surface area contributed by atoms with Crippen LogP contribution in [0.25, 0.3) is 0 Å². The summed E-state index contributed by atoms with van der Waals surface area (Å²) in [5, 5.41) is 0. The Labute approximate surface area is 116 Å². The van der Waals surface area contributed by atoms with Crippen molar-refractivity contribution in [1.29, 1.82) is 0 Å². The topological polar surface area (TPSA) is 29.5 Å². The van der Waals surface area contributed by atoms with Crippen LogP contribution in [-0.2, 0) is 0 Å². The molecule has 0 saturated heterocycles. The summed E-state index contributed by atoms with van der Waals surface area (Å²) in [7, 11) is 0. The average Bonchev–Trinajstić information content (AvgIpc) is 2.33. The molecule has 1 amide bonds. The van der Waals surface area contributed by atoms with Crippen LogP contribution in [0.15, 0.2) is 24.3 Å². The van der Waals surface area contributed by atoms with Crippen molar-refractivity contribution < 1.29 is 35.9 Å². The zero-order chi connectivity index (χ0) is 16.3. The number of amides is 1. The van der Waals surface area contributed by atoms with Crippen molar-refractivity contribution in [2.75, 3.05) is 13.1 Å². The van der Waals surface area contributed by atoms with Gasteiger partial charge in [0, 0.05) is 12.1 Å². The zero-order valence-electron chi connectivity index (χ0n) is 10.8. The van der Waals surface area contributed by atoms with Crippen LogP contribution < -0.4 is 4.74 Å². The second-order valence-corrected chi connectivity index (χ2v) is 4.01. The number of nitrogens with zero attached hydrogens (tertiary/aromatic N) is 1. The van der Waals surface area contributed by atoms with Gasteiger partial charge in [-0.2, -0.15) is 13.2 Å². The first-order valence-corrected chi connectivity index (χ1v) is 5.73. The van der Waals surface area contributed by atoms with Crippen LogP contribution in [0.2, 0.25) is 0 Å². The Hall–Kier alpha value is -1.93. The standard InChI is InChI=1S/C12H11F6NO2/c1-2-19(7-11(13,14)15)10(20)8-3-5-9(6-4-8)21-12(16,17)18/h3-6H,2,7H2,1H3. The van der Waals surface area contributed by atoms with E-state index in [2.05, 4.69) is 4.74 Å². The molecule has 0 fully saturated rings. The van der Waals surface area contributed by atoms with E-state index in [0.29, 0.717) is 4.90 Å². The van der Waals surface area contributed by atoms with Crippen molar-refractivity contribution in [2.24, 2.45) is 0 Å². The Bertz CT molecular complexity index is 480. The predicted octanol–water partition coefficient (Wildman–Crippen LogP) is 3.61.